The maximum absolute atomic E-state index is 11.9. The summed E-state index contributed by atoms with van der Waals surface area (Å²) >= 11 is 3.47. The minimum atomic E-state index is 0.155. The van der Waals surface area contributed by atoms with E-state index in [1.54, 1.807) is 0 Å². The van der Waals surface area contributed by atoms with Crippen LogP contribution in [0, 0.1) is 12.8 Å². The van der Waals surface area contributed by atoms with Gasteiger partial charge in [0.15, 0.2) is 5.76 Å². The first-order valence-electron chi connectivity index (χ1n) is 5.39. The molecule has 1 aliphatic rings. The highest BCUT2D eigenvalue weighted by Gasteiger charge is 2.32. The van der Waals surface area contributed by atoms with E-state index in [4.69, 9.17) is 4.42 Å². The molecule has 0 radical (unpaired) electrons. The molecule has 0 amide bonds. The van der Waals surface area contributed by atoms with Crippen molar-refractivity contribution in [2.45, 2.75) is 19.8 Å². The lowest BCUT2D eigenvalue weighted by Crippen LogP contribution is -1.98. The number of hydrogen-bond donors (Lipinski definition) is 0. The molecule has 0 aliphatic heterocycles. The van der Waals surface area contributed by atoms with Gasteiger partial charge in [-0.3, -0.25) is 4.79 Å². The molecule has 1 aromatic carbocycles. The number of carbonyl (C=O) groups excluding carboxylic acids is 1. The lowest BCUT2D eigenvalue weighted by molar-refractivity contribution is 0.0942. The van der Waals surface area contributed by atoms with Gasteiger partial charge in [0.05, 0.1) is 0 Å². The van der Waals surface area contributed by atoms with Crippen molar-refractivity contribution < 1.29 is 9.21 Å². The Hall–Kier alpha value is -1.09. The van der Waals surface area contributed by atoms with Gasteiger partial charge < -0.3 is 4.42 Å². The first-order chi connectivity index (χ1) is 7.66. The van der Waals surface area contributed by atoms with E-state index in [0.717, 1.165) is 33.8 Å². The van der Waals surface area contributed by atoms with Crippen molar-refractivity contribution in [2.75, 3.05) is 0 Å². The number of rotatable bonds is 2. The number of furan rings is 1. The summed E-state index contributed by atoms with van der Waals surface area (Å²) < 4.78 is 6.64. The number of fused-ring (bicyclic) bond motifs is 1. The lowest BCUT2D eigenvalue weighted by Gasteiger charge is -1.95. The topological polar surface area (TPSA) is 30.2 Å². The van der Waals surface area contributed by atoms with Crippen LogP contribution in [0.15, 0.2) is 27.1 Å². The molecule has 0 N–H and O–H groups in total. The van der Waals surface area contributed by atoms with Crippen molar-refractivity contribution >= 4 is 32.7 Å². The number of aryl methyl sites for hydroxylation is 1. The van der Waals surface area contributed by atoms with Gasteiger partial charge in [-0.1, -0.05) is 22.0 Å². The standard InChI is InChI=1S/C13H11BrO2/c1-7-2-5-10(14)9-6-11(16-13(7)9)12(15)8-3-4-8/h2,5-6,8H,3-4H2,1H3. The van der Waals surface area contributed by atoms with Crippen LogP contribution in [-0.2, 0) is 0 Å². The molecule has 0 bridgehead atoms. The molecule has 2 aromatic rings. The number of ketones is 1. The molecule has 1 aromatic heterocycles. The van der Waals surface area contributed by atoms with E-state index in [-0.39, 0.29) is 11.7 Å². The first kappa shape index (κ1) is 10.1. The maximum Gasteiger partial charge on any atom is 0.201 e. The summed E-state index contributed by atoms with van der Waals surface area (Å²) in [5, 5.41) is 0.990. The summed E-state index contributed by atoms with van der Waals surface area (Å²) in [4.78, 5) is 11.9. The van der Waals surface area contributed by atoms with Gasteiger partial charge in [-0.25, -0.2) is 0 Å². The molecule has 2 nitrogen and oxygen atoms in total. The fraction of sp³-hybridized carbons (Fsp3) is 0.308. The minimum absolute atomic E-state index is 0.155. The van der Waals surface area contributed by atoms with E-state index in [1.807, 2.05) is 25.1 Å². The van der Waals surface area contributed by atoms with Crippen molar-refractivity contribution in [2.24, 2.45) is 5.92 Å². The summed E-state index contributed by atoms with van der Waals surface area (Å²) in [7, 11) is 0. The highest BCUT2D eigenvalue weighted by atomic mass is 79.9. The predicted octanol–water partition coefficient (Wildman–Crippen LogP) is 4.10. The first-order valence-corrected chi connectivity index (χ1v) is 6.19. The van der Waals surface area contributed by atoms with Crippen molar-refractivity contribution in [1.82, 2.24) is 0 Å². The zero-order valence-corrected chi connectivity index (χ0v) is 10.5. The normalized spacial score (nSPS) is 15.6. The molecular formula is C13H11BrO2. The Morgan fingerprint density at radius 2 is 2.19 bits per heavy atom. The third kappa shape index (κ3) is 1.50. The lowest BCUT2D eigenvalue weighted by atomic mass is 10.1. The molecular weight excluding hydrogens is 268 g/mol. The molecule has 3 rings (SSSR count). The van der Waals surface area contributed by atoms with Crippen LogP contribution in [0.1, 0.15) is 29.0 Å². The predicted molar refractivity (Wildman–Crippen MR) is 65.7 cm³/mol. The van der Waals surface area contributed by atoms with Crippen LogP contribution in [-0.4, -0.2) is 5.78 Å². The molecule has 0 saturated heterocycles. The molecule has 1 fully saturated rings. The van der Waals surface area contributed by atoms with Gasteiger partial charge >= 0.3 is 0 Å². The van der Waals surface area contributed by atoms with Crippen LogP contribution >= 0.6 is 15.9 Å². The Kier molecular flexibility index (Phi) is 2.18. The van der Waals surface area contributed by atoms with Crippen LogP contribution in [0.4, 0.5) is 0 Å². The number of Topliss-reactive ketones (excluding diaryl/α,β-unsaturated/α-hetero) is 1. The van der Waals surface area contributed by atoms with Gasteiger partial charge in [-0.05, 0) is 37.5 Å². The highest BCUT2D eigenvalue weighted by molar-refractivity contribution is 9.10. The number of benzene rings is 1. The van der Waals surface area contributed by atoms with Crippen LogP contribution in [0.5, 0.6) is 0 Å². The average Bonchev–Trinajstić information content (AvgIpc) is 3.01. The smallest absolute Gasteiger partial charge is 0.201 e. The average molecular weight is 279 g/mol. The van der Waals surface area contributed by atoms with Crippen LogP contribution < -0.4 is 0 Å². The second-order valence-electron chi connectivity index (χ2n) is 4.36. The molecule has 1 saturated carbocycles. The van der Waals surface area contributed by atoms with Gasteiger partial charge in [-0.2, -0.15) is 0 Å². The second-order valence-corrected chi connectivity index (χ2v) is 5.21. The van der Waals surface area contributed by atoms with Crippen LogP contribution in [0.25, 0.3) is 11.0 Å². The zero-order chi connectivity index (χ0) is 11.3. The van der Waals surface area contributed by atoms with Crippen LogP contribution in [0.3, 0.4) is 0 Å². The Bertz CT molecular complexity index is 540. The highest BCUT2D eigenvalue weighted by Crippen LogP contribution is 2.36. The summed E-state index contributed by atoms with van der Waals surface area (Å²) in [6.45, 7) is 1.99. The molecule has 0 atom stereocenters. The van der Waals surface area contributed by atoms with Gasteiger partial charge in [0.1, 0.15) is 5.58 Å². The van der Waals surface area contributed by atoms with E-state index >= 15 is 0 Å². The van der Waals surface area contributed by atoms with E-state index in [9.17, 15) is 4.79 Å². The molecule has 1 aliphatic carbocycles. The third-order valence-electron chi connectivity index (χ3n) is 3.02. The molecule has 16 heavy (non-hydrogen) atoms. The quantitative estimate of drug-likeness (QED) is 0.775. The van der Waals surface area contributed by atoms with E-state index in [2.05, 4.69) is 15.9 Å². The van der Waals surface area contributed by atoms with E-state index in [1.165, 1.54) is 0 Å². The molecule has 0 spiro atoms. The molecule has 3 heteroatoms. The fourth-order valence-electron chi connectivity index (χ4n) is 1.89. The monoisotopic (exact) mass is 278 g/mol. The Balaban J connectivity index is 2.18. The van der Waals surface area contributed by atoms with Crippen molar-refractivity contribution in [3.63, 3.8) is 0 Å². The Morgan fingerprint density at radius 3 is 2.81 bits per heavy atom. The van der Waals surface area contributed by atoms with Crippen molar-refractivity contribution in [3.05, 3.63) is 34.0 Å². The van der Waals surface area contributed by atoms with E-state index in [0.29, 0.717) is 5.76 Å². The second kappa shape index (κ2) is 3.45. The SMILES string of the molecule is Cc1ccc(Br)c2cc(C(=O)C3CC3)oc12. The summed E-state index contributed by atoms with van der Waals surface area (Å²) in [6, 6.07) is 5.83. The molecule has 1 heterocycles. The van der Waals surface area contributed by atoms with E-state index < -0.39 is 0 Å². The third-order valence-corrected chi connectivity index (χ3v) is 3.71. The van der Waals surface area contributed by atoms with Gasteiger partial charge in [-0.15, -0.1) is 0 Å². The Morgan fingerprint density at radius 1 is 1.44 bits per heavy atom. The fourth-order valence-corrected chi connectivity index (χ4v) is 2.32. The molecule has 0 unspecified atom stereocenters. The van der Waals surface area contributed by atoms with Crippen molar-refractivity contribution in [1.29, 1.82) is 0 Å². The summed E-state index contributed by atoms with van der Waals surface area (Å²) in [5.41, 5.74) is 1.88. The largest absolute Gasteiger partial charge is 0.453 e. The minimum Gasteiger partial charge on any atom is -0.453 e. The summed E-state index contributed by atoms with van der Waals surface area (Å²) in [5.74, 6) is 0.870. The van der Waals surface area contributed by atoms with Crippen molar-refractivity contribution in [3.8, 4) is 0 Å². The maximum atomic E-state index is 11.9. The van der Waals surface area contributed by atoms with Gasteiger partial charge in [0, 0.05) is 15.8 Å². The Labute approximate surface area is 102 Å². The number of halogens is 1. The number of hydrogen-bond acceptors (Lipinski definition) is 2. The number of carbonyl (C=O) groups is 1. The summed E-state index contributed by atoms with van der Waals surface area (Å²) in [6.07, 6.45) is 2.02. The van der Waals surface area contributed by atoms with Crippen LogP contribution in [0.2, 0.25) is 0 Å². The van der Waals surface area contributed by atoms with Gasteiger partial charge in [0.25, 0.3) is 0 Å². The van der Waals surface area contributed by atoms with Gasteiger partial charge in [0.2, 0.25) is 5.78 Å². The zero-order valence-electron chi connectivity index (χ0n) is 8.92. The molecule has 82 valence electrons.